The average Bonchev–Trinajstić information content (AvgIpc) is 2.43. The van der Waals surface area contributed by atoms with Crippen LogP contribution >= 0.6 is 0 Å². The van der Waals surface area contributed by atoms with Crippen LogP contribution in [0.15, 0.2) is 35.4 Å². The molecule has 7 nitrogen and oxygen atoms in total. The molecule has 0 aliphatic carbocycles. The van der Waals surface area contributed by atoms with Crippen LogP contribution in [0.3, 0.4) is 0 Å². The molecule has 0 saturated carbocycles. The van der Waals surface area contributed by atoms with E-state index in [2.05, 4.69) is 9.84 Å². The van der Waals surface area contributed by atoms with E-state index in [0.29, 0.717) is 5.56 Å². The highest BCUT2D eigenvalue weighted by atomic mass is 16.5. The summed E-state index contributed by atoms with van der Waals surface area (Å²) >= 11 is 0. The third-order valence-corrected chi connectivity index (χ3v) is 2.22. The zero-order valence-corrected chi connectivity index (χ0v) is 10.2. The molecule has 19 heavy (non-hydrogen) atoms. The van der Waals surface area contributed by atoms with Crippen LogP contribution in [0, 0.1) is 11.3 Å². The molecule has 1 atom stereocenters. The molecular weight excluding hydrogens is 248 g/mol. The Balaban J connectivity index is 3.15. The summed E-state index contributed by atoms with van der Waals surface area (Å²) in [5, 5.41) is 12.7. The maximum absolute atomic E-state index is 11.6. The first-order valence-corrected chi connectivity index (χ1v) is 5.26. The van der Waals surface area contributed by atoms with Crippen molar-refractivity contribution in [3.63, 3.8) is 0 Å². The molecule has 0 heterocycles. The Morgan fingerprint density at radius 2 is 2.05 bits per heavy atom. The fourth-order valence-corrected chi connectivity index (χ4v) is 1.39. The van der Waals surface area contributed by atoms with Crippen LogP contribution in [-0.2, 0) is 9.53 Å². The van der Waals surface area contributed by atoms with Crippen molar-refractivity contribution in [3.8, 4) is 6.07 Å². The molecule has 1 unspecified atom stereocenters. The zero-order chi connectivity index (χ0) is 14.3. The molecule has 98 valence electrons. The summed E-state index contributed by atoms with van der Waals surface area (Å²) in [7, 11) is 1.15. The fraction of sp³-hybridized carbons (Fsp3) is 0.167. The summed E-state index contributed by atoms with van der Waals surface area (Å²) in [6.45, 7) is 0. The van der Waals surface area contributed by atoms with E-state index in [-0.39, 0.29) is 5.71 Å². The molecule has 0 bridgehead atoms. The number of primary amides is 1. The van der Waals surface area contributed by atoms with Gasteiger partial charge in [-0.1, -0.05) is 30.3 Å². The SMILES string of the molecule is COC(=O)/C(=N\NC(N)=O)C(C#N)c1ccccc1. The lowest BCUT2D eigenvalue weighted by Crippen LogP contribution is -2.31. The highest BCUT2D eigenvalue weighted by Crippen LogP contribution is 2.17. The number of ether oxygens (including phenoxy) is 1. The molecule has 7 heteroatoms. The predicted molar refractivity (Wildman–Crippen MR) is 67.0 cm³/mol. The minimum absolute atomic E-state index is 0.241. The van der Waals surface area contributed by atoms with Crippen molar-refractivity contribution in [2.45, 2.75) is 5.92 Å². The monoisotopic (exact) mass is 260 g/mol. The number of carbonyl (C=O) groups is 2. The van der Waals surface area contributed by atoms with Crippen molar-refractivity contribution in [2.75, 3.05) is 7.11 Å². The van der Waals surface area contributed by atoms with E-state index < -0.39 is 17.9 Å². The number of methoxy groups -OCH3 is 1. The number of esters is 1. The molecule has 1 rings (SSSR count). The van der Waals surface area contributed by atoms with Gasteiger partial charge in [-0.15, -0.1) is 0 Å². The predicted octanol–water partition coefficient (Wildman–Crippen LogP) is 0.491. The molecule has 0 spiro atoms. The van der Waals surface area contributed by atoms with Crippen LogP contribution in [0.25, 0.3) is 0 Å². The van der Waals surface area contributed by atoms with Gasteiger partial charge in [0.05, 0.1) is 13.2 Å². The number of hydrogen-bond acceptors (Lipinski definition) is 5. The van der Waals surface area contributed by atoms with Gasteiger partial charge in [-0.25, -0.2) is 15.0 Å². The third-order valence-electron chi connectivity index (χ3n) is 2.22. The van der Waals surface area contributed by atoms with Crippen LogP contribution in [0.1, 0.15) is 11.5 Å². The number of carbonyl (C=O) groups excluding carboxylic acids is 2. The first-order chi connectivity index (χ1) is 9.10. The van der Waals surface area contributed by atoms with Crippen LogP contribution in [0.5, 0.6) is 0 Å². The topological polar surface area (TPSA) is 118 Å². The molecular formula is C12H12N4O3. The number of nitrogens with one attached hydrogen (secondary N) is 1. The summed E-state index contributed by atoms with van der Waals surface area (Å²) in [4.78, 5) is 22.2. The lowest BCUT2D eigenvalue weighted by atomic mass is 9.95. The first-order valence-electron chi connectivity index (χ1n) is 5.26. The van der Waals surface area contributed by atoms with Crippen molar-refractivity contribution in [3.05, 3.63) is 35.9 Å². The molecule has 0 aromatic heterocycles. The second-order valence-electron chi connectivity index (χ2n) is 3.44. The maximum atomic E-state index is 11.6. The fourth-order valence-electron chi connectivity index (χ4n) is 1.39. The highest BCUT2D eigenvalue weighted by Gasteiger charge is 2.25. The van der Waals surface area contributed by atoms with E-state index in [1.54, 1.807) is 30.3 Å². The van der Waals surface area contributed by atoms with Crippen LogP contribution in [0.4, 0.5) is 4.79 Å². The number of rotatable bonds is 4. The Bertz CT molecular complexity index is 534. The van der Waals surface area contributed by atoms with Crippen molar-refractivity contribution in [1.29, 1.82) is 5.26 Å². The molecule has 0 fully saturated rings. The summed E-state index contributed by atoms with van der Waals surface area (Å²) in [6.07, 6.45) is 0. The number of hydrogen-bond donors (Lipinski definition) is 2. The summed E-state index contributed by atoms with van der Waals surface area (Å²) in [5.74, 6) is -1.77. The van der Waals surface area contributed by atoms with E-state index in [4.69, 9.17) is 5.73 Å². The number of amides is 2. The second kappa shape index (κ2) is 6.76. The molecule has 1 aromatic rings. The molecule has 1 aromatic carbocycles. The minimum atomic E-state index is -0.958. The van der Waals surface area contributed by atoms with Crippen LogP contribution < -0.4 is 11.2 Å². The summed E-state index contributed by atoms with van der Waals surface area (Å²) < 4.78 is 4.54. The highest BCUT2D eigenvalue weighted by molar-refractivity contribution is 6.39. The van der Waals surface area contributed by atoms with Crippen LogP contribution in [0.2, 0.25) is 0 Å². The van der Waals surface area contributed by atoms with Crippen molar-refractivity contribution >= 4 is 17.7 Å². The van der Waals surface area contributed by atoms with Gasteiger partial charge in [0.1, 0.15) is 5.92 Å². The van der Waals surface area contributed by atoms with Gasteiger partial charge in [0, 0.05) is 0 Å². The van der Waals surface area contributed by atoms with Crippen LogP contribution in [-0.4, -0.2) is 24.8 Å². The van der Waals surface area contributed by atoms with Gasteiger partial charge in [-0.3, -0.25) is 0 Å². The Hall–Kier alpha value is -2.88. The Labute approximate surface area is 109 Å². The number of benzene rings is 1. The molecule has 0 aliphatic rings. The quantitative estimate of drug-likeness (QED) is 0.465. The van der Waals surface area contributed by atoms with E-state index in [1.807, 2.05) is 11.5 Å². The smallest absolute Gasteiger partial charge is 0.355 e. The molecule has 2 amide bonds. The summed E-state index contributed by atoms with van der Waals surface area (Å²) in [5.41, 5.74) is 7.11. The van der Waals surface area contributed by atoms with Gasteiger partial charge in [0.2, 0.25) is 0 Å². The van der Waals surface area contributed by atoms with E-state index in [1.165, 1.54) is 0 Å². The largest absolute Gasteiger partial charge is 0.464 e. The number of nitrogens with two attached hydrogens (primary N) is 1. The lowest BCUT2D eigenvalue weighted by Gasteiger charge is -2.10. The lowest BCUT2D eigenvalue weighted by molar-refractivity contribution is -0.132. The van der Waals surface area contributed by atoms with Gasteiger partial charge in [0.15, 0.2) is 5.71 Å². The Morgan fingerprint density at radius 3 is 2.53 bits per heavy atom. The first kappa shape index (κ1) is 14.2. The number of nitriles is 1. The van der Waals surface area contributed by atoms with Crippen molar-refractivity contribution in [2.24, 2.45) is 10.8 Å². The number of hydrazone groups is 1. The molecule has 0 radical (unpaired) electrons. The second-order valence-corrected chi connectivity index (χ2v) is 3.44. The van der Waals surface area contributed by atoms with Gasteiger partial charge in [-0.05, 0) is 5.56 Å². The third kappa shape index (κ3) is 3.81. The molecule has 0 saturated heterocycles. The molecule has 0 aliphatic heterocycles. The van der Waals surface area contributed by atoms with E-state index in [9.17, 15) is 14.9 Å². The number of nitrogens with zero attached hydrogens (tertiary/aromatic N) is 2. The van der Waals surface area contributed by atoms with Crippen molar-refractivity contribution < 1.29 is 14.3 Å². The Morgan fingerprint density at radius 1 is 1.42 bits per heavy atom. The summed E-state index contributed by atoms with van der Waals surface area (Å²) in [6, 6.07) is 9.53. The Kier molecular flexibility index (Phi) is 5.04. The average molecular weight is 260 g/mol. The van der Waals surface area contributed by atoms with Gasteiger partial charge < -0.3 is 10.5 Å². The minimum Gasteiger partial charge on any atom is -0.464 e. The number of urea groups is 1. The van der Waals surface area contributed by atoms with Gasteiger partial charge in [0.25, 0.3) is 0 Å². The zero-order valence-electron chi connectivity index (χ0n) is 10.2. The van der Waals surface area contributed by atoms with E-state index >= 15 is 0 Å². The standard InChI is InChI=1S/C12H12N4O3/c1-19-11(17)10(15-16-12(14)18)9(7-13)8-5-3-2-4-6-8/h2-6,9H,1H3,(H3,14,16,18)/b15-10-. The normalized spacial score (nSPS) is 12.1. The maximum Gasteiger partial charge on any atom is 0.355 e. The van der Waals surface area contributed by atoms with E-state index in [0.717, 1.165) is 7.11 Å². The van der Waals surface area contributed by atoms with Gasteiger partial charge >= 0.3 is 12.0 Å². The molecule has 3 N–H and O–H groups in total. The van der Waals surface area contributed by atoms with Crippen molar-refractivity contribution in [1.82, 2.24) is 5.43 Å². The van der Waals surface area contributed by atoms with Gasteiger partial charge in [-0.2, -0.15) is 10.4 Å².